The Kier molecular flexibility index (Phi) is 11.1. The van der Waals surface area contributed by atoms with Gasteiger partial charge in [0.15, 0.2) is 0 Å². The molecule has 4 nitrogen and oxygen atoms in total. The number of nitrogens with zero attached hydrogens (tertiary/aromatic N) is 2. The molecule has 13 aromatic carbocycles. The van der Waals surface area contributed by atoms with Gasteiger partial charge >= 0.3 is 0 Å². The fourth-order valence-corrected chi connectivity index (χ4v) is 12.2. The third-order valence-corrected chi connectivity index (χ3v) is 15.9. The molecule has 0 aliphatic heterocycles. The zero-order valence-electron chi connectivity index (χ0n) is 44.5. The van der Waals surface area contributed by atoms with Crippen LogP contribution in [-0.2, 0) is 10.8 Å². The van der Waals surface area contributed by atoms with Crippen molar-refractivity contribution in [3.63, 3.8) is 0 Å². The standard InChI is InChI=1S/C72H60N2O2/c1-71(2,3)47-25-29-49(30-26-47)73(51-33-37-53(75-7)38-34-51)61-43-41-59-65-55(61)21-15-23-57(65)67-63(45-17-11-9-12-18-45)68-58-24-16-22-56-62(44-42-60(66(56)58)70(68)64(69(59)67)46-19-13-10-14-20-46)74(52-35-39-54(76-8)40-36-52)50-31-27-48(28-32-50)72(4,5)6/h9-44H,1-8H3. The molecular weight excluding hydrogens is 925 g/mol. The summed E-state index contributed by atoms with van der Waals surface area (Å²) in [6.07, 6.45) is 0. The minimum Gasteiger partial charge on any atom is -0.497 e. The average molecular weight is 985 g/mol. The summed E-state index contributed by atoms with van der Waals surface area (Å²) >= 11 is 0. The van der Waals surface area contributed by atoms with Crippen LogP contribution in [0.15, 0.2) is 218 Å². The van der Waals surface area contributed by atoms with E-state index in [1.165, 1.54) is 98.0 Å². The maximum Gasteiger partial charge on any atom is 0.119 e. The molecule has 4 heteroatoms. The summed E-state index contributed by atoms with van der Waals surface area (Å²) in [5.74, 6) is 1.65. The summed E-state index contributed by atoms with van der Waals surface area (Å²) in [6, 6.07) is 80.8. The first-order valence-electron chi connectivity index (χ1n) is 26.5. The molecule has 0 radical (unpaired) electrons. The van der Waals surface area contributed by atoms with Crippen LogP contribution in [-0.4, -0.2) is 14.2 Å². The summed E-state index contributed by atoms with van der Waals surface area (Å²) in [4.78, 5) is 4.83. The Morgan fingerprint density at radius 1 is 0.276 bits per heavy atom. The maximum atomic E-state index is 5.68. The molecule has 0 bridgehead atoms. The van der Waals surface area contributed by atoms with Gasteiger partial charge in [-0.05, 0) is 183 Å². The quantitative estimate of drug-likeness (QED) is 0.136. The fraction of sp³-hybridized carbons (Fsp3) is 0.139. The molecular formula is C72H60N2O2. The molecule has 0 saturated carbocycles. The summed E-state index contributed by atoms with van der Waals surface area (Å²) in [6.45, 7) is 13.6. The van der Waals surface area contributed by atoms with Crippen molar-refractivity contribution in [1.29, 1.82) is 0 Å². The molecule has 0 unspecified atom stereocenters. The monoisotopic (exact) mass is 984 g/mol. The van der Waals surface area contributed by atoms with Gasteiger partial charge in [-0.25, -0.2) is 0 Å². The second kappa shape index (κ2) is 17.9. The number of rotatable bonds is 10. The van der Waals surface area contributed by atoms with E-state index in [2.05, 4.69) is 270 Å². The van der Waals surface area contributed by atoms with Crippen molar-refractivity contribution in [2.75, 3.05) is 24.0 Å². The molecule has 0 aromatic heterocycles. The Hall–Kier alpha value is -8.86. The van der Waals surface area contributed by atoms with Gasteiger partial charge in [-0.1, -0.05) is 175 Å². The summed E-state index contributed by atoms with van der Waals surface area (Å²) in [7, 11) is 3.45. The van der Waals surface area contributed by atoms with Crippen LogP contribution in [0.3, 0.4) is 0 Å². The molecule has 0 fully saturated rings. The third kappa shape index (κ3) is 7.49. The lowest BCUT2D eigenvalue weighted by molar-refractivity contribution is 0.414. The Morgan fingerprint density at radius 2 is 0.579 bits per heavy atom. The van der Waals surface area contributed by atoms with Gasteiger partial charge in [0.25, 0.3) is 0 Å². The van der Waals surface area contributed by atoms with Crippen molar-refractivity contribution < 1.29 is 9.47 Å². The number of methoxy groups -OCH3 is 2. The van der Waals surface area contributed by atoms with E-state index >= 15 is 0 Å². The lowest BCUT2D eigenvalue weighted by Crippen LogP contribution is -2.13. The highest BCUT2D eigenvalue weighted by atomic mass is 16.5. The molecule has 0 aliphatic carbocycles. The van der Waals surface area contributed by atoms with Crippen LogP contribution >= 0.6 is 0 Å². The first-order chi connectivity index (χ1) is 36.9. The van der Waals surface area contributed by atoms with Gasteiger partial charge < -0.3 is 19.3 Å². The molecule has 0 saturated heterocycles. The second-order valence-electron chi connectivity index (χ2n) is 22.4. The number of benzene rings is 11. The van der Waals surface area contributed by atoms with Gasteiger partial charge in [0.1, 0.15) is 11.5 Å². The first-order valence-corrected chi connectivity index (χ1v) is 26.5. The summed E-state index contributed by atoms with van der Waals surface area (Å²) < 4.78 is 11.4. The minimum atomic E-state index is 0.0231. The number of fused-ring (bicyclic) bond motifs is 6. The largest absolute Gasteiger partial charge is 0.497 e. The molecule has 0 amide bonds. The Labute approximate surface area is 445 Å². The number of hydrogen-bond acceptors (Lipinski definition) is 4. The zero-order chi connectivity index (χ0) is 52.0. The molecule has 0 atom stereocenters. The molecule has 0 heterocycles. The van der Waals surface area contributed by atoms with Gasteiger partial charge in [-0.3, -0.25) is 0 Å². The molecule has 0 spiro atoms. The van der Waals surface area contributed by atoms with E-state index in [-0.39, 0.29) is 10.8 Å². The van der Waals surface area contributed by atoms with Gasteiger partial charge in [-0.2, -0.15) is 0 Å². The topological polar surface area (TPSA) is 24.9 Å². The highest BCUT2D eigenvalue weighted by Crippen LogP contribution is 2.58. The van der Waals surface area contributed by atoms with E-state index in [1.54, 1.807) is 14.2 Å². The fourth-order valence-electron chi connectivity index (χ4n) is 12.2. The van der Waals surface area contributed by atoms with E-state index < -0.39 is 0 Å². The van der Waals surface area contributed by atoms with Crippen LogP contribution in [0.25, 0.3) is 86.9 Å². The Bertz CT molecular complexity index is 3930. The molecule has 13 rings (SSSR count). The maximum absolute atomic E-state index is 5.68. The number of hydrogen-bond donors (Lipinski definition) is 0. The van der Waals surface area contributed by atoms with E-state index in [0.29, 0.717) is 0 Å². The predicted octanol–water partition coefficient (Wildman–Crippen LogP) is 20.4. The van der Waals surface area contributed by atoms with Crippen molar-refractivity contribution in [2.45, 2.75) is 52.4 Å². The predicted molar refractivity (Wildman–Crippen MR) is 325 cm³/mol. The Balaban J connectivity index is 1.14. The van der Waals surface area contributed by atoms with Crippen molar-refractivity contribution in [2.24, 2.45) is 0 Å². The molecule has 370 valence electrons. The smallest absolute Gasteiger partial charge is 0.119 e. The van der Waals surface area contributed by atoms with Crippen molar-refractivity contribution in [3.8, 4) is 33.8 Å². The van der Waals surface area contributed by atoms with Crippen LogP contribution < -0.4 is 19.3 Å². The van der Waals surface area contributed by atoms with Crippen molar-refractivity contribution in [3.05, 3.63) is 230 Å². The number of ether oxygens (including phenoxy) is 2. The summed E-state index contributed by atoms with van der Waals surface area (Å²) in [5, 5.41) is 15.0. The minimum absolute atomic E-state index is 0.0231. The van der Waals surface area contributed by atoms with Crippen LogP contribution in [0.1, 0.15) is 52.7 Å². The first kappa shape index (κ1) is 46.9. The van der Waals surface area contributed by atoms with E-state index in [0.717, 1.165) is 45.6 Å². The van der Waals surface area contributed by atoms with Crippen molar-refractivity contribution >= 4 is 98.8 Å². The van der Waals surface area contributed by atoms with Crippen LogP contribution in [0.5, 0.6) is 11.5 Å². The SMILES string of the molecule is COc1ccc(N(c2ccc(C(C)(C)C)cc2)c2ccc3c4c(-c5ccccc5)c5c6ccc(N(c7ccc(OC)cc7)c7ccc(C(C)(C)C)cc7)c7cccc(c5c(-c5ccccc5)c4c4cccc2c43)c76)cc1. The Morgan fingerprint density at radius 3 is 0.895 bits per heavy atom. The average Bonchev–Trinajstić information content (AvgIpc) is 4.08. The number of anilines is 6. The lowest BCUT2D eigenvalue weighted by atomic mass is 9.87. The zero-order valence-corrected chi connectivity index (χ0v) is 44.5. The second-order valence-corrected chi connectivity index (χ2v) is 22.4. The van der Waals surface area contributed by atoms with Gasteiger partial charge in [0.2, 0.25) is 0 Å². The van der Waals surface area contributed by atoms with Gasteiger partial charge in [0, 0.05) is 33.5 Å². The van der Waals surface area contributed by atoms with Crippen LogP contribution in [0.2, 0.25) is 0 Å². The highest BCUT2D eigenvalue weighted by molar-refractivity contribution is 6.47. The molecule has 0 N–H and O–H groups in total. The van der Waals surface area contributed by atoms with Crippen LogP contribution in [0.4, 0.5) is 34.1 Å². The van der Waals surface area contributed by atoms with Crippen LogP contribution in [0, 0.1) is 0 Å². The van der Waals surface area contributed by atoms with E-state index in [9.17, 15) is 0 Å². The summed E-state index contributed by atoms with van der Waals surface area (Å²) in [5.41, 5.74) is 14.1. The third-order valence-electron chi connectivity index (χ3n) is 15.9. The van der Waals surface area contributed by atoms with Gasteiger partial charge in [-0.15, -0.1) is 0 Å². The normalized spacial score (nSPS) is 12.2. The van der Waals surface area contributed by atoms with Gasteiger partial charge in [0.05, 0.1) is 25.6 Å². The highest BCUT2D eigenvalue weighted by Gasteiger charge is 2.30. The molecule has 13 aromatic rings. The van der Waals surface area contributed by atoms with E-state index in [4.69, 9.17) is 9.47 Å². The lowest BCUT2D eigenvalue weighted by Gasteiger charge is -2.28. The molecule has 0 aliphatic rings. The van der Waals surface area contributed by atoms with E-state index in [1.807, 2.05) is 0 Å². The van der Waals surface area contributed by atoms with Crippen molar-refractivity contribution in [1.82, 2.24) is 0 Å². The molecule has 76 heavy (non-hydrogen) atoms.